The zero-order chi connectivity index (χ0) is 14.9. The molecule has 5 nitrogen and oxygen atoms in total. The molecule has 0 aromatic heterocycles. The molecule has 2 rings (SSSR count). The van der Waals surface area contributed by atoms with Crippen LogP contribution in [0.1, 0.15) is 38.8 Å². The molecule has 116 valence electrons. The predicted molar refractivity (Wildman–Crippen MR) is 92.2 cm³/mol. The Hall–Kier alpha value is -1.75. The Morgan fingerprint density at radius 3 is 2.24 bits per heavy atom. The van der Waals surface area contributed by atoms with Gasteiger partial charge in [-0.1, -0.05) is 19.9 Å². The summed E-state index contributed by atoms with van der Waals surface area (Å²) in [5.74, 6) is 0.610. The van der Waals surface area contributed by atoms with Crippen LogP contribution in [-0.2, 0) is 12.8 Å². The molecule has 1 aromatic carbocycles. The van der Waals surface area contributed by atoms with Crippen molar-refractivity contribution in [3.8, 4) is 0 Å². The first kappa shape index (κ1) is 17.3. The van der Waals surface area contributed by atoms with E-state index < -0.39 is 5.66 Å². The van der Waals surface area contributed by atoms with Crippen LogP contribution >= 0.6 is 12.4 Å². The first-order chi connectivity index (χ1) is 9.39. The van der Waals surface area contributed by atoms with Gasteiger partial charge in [-0.3, -0.25) is 4.90 Å². The van der Waals surface area contributed by atoms with Crippen molar-refractivity contribution in [2.75, 3.05) is 4.90 Å². The molecule has 0 saturated carbocycles. The van der Waals surface area contributed by atoms with Crippen LogP contribution in [0.15, 0.2) is 28.2 Å². The number of guanidine groups is 2. The number of nitrogens with two attached hydrogens (primary N) is 2. The molecule has 1 aliphatic rings. The molecule has 1 aromatic rings. The number of anilines is 1. The van der Waals surface area contributed by atoms with Gasteiger partial charge < -0.3 is 11.5 Å². The SMILES string of the molecule is CCc1ccc(N2C(N)=NC(N)=NC2(C)C)cc1CC.Cl. The third-order valence-electron chi connectivity index (χ3n) is 3.60. The second kappa shape index (κ2) is 6.35. The van der Waals surface area contributed by atoms with E-state index in [1.165, 1.54) is 11.1 Å². The summed E-state index contributed by atoms with van der Waals surface area (Å²) >= 11 is 0. The molecule has 0 radical (unpaired) electrons. The summed E-state index contributed by atoms with van der Waals surface area (Å²) in [5.41, 5.74) is 14.9. The topological polar surface area (TPSA) is 80.0 Å². The smallest absolute Gasteiger partial charge is 0.220 e. The van der Waals surface area contributed by atoms with Gasteiger partial charge in [-0.25, -0.2) is 4.99 Å². The molecule has 0 spiro atoms. The zero-order valence-electron chi connectivity index (χ0n) is 13.1. The van der Waals surface area contributed by atoms with Crippen molar-refractivity contribution in [2.24, 2.45) is 21.5 Å². The highest BCUT2D eigenvalue weighted by Crippen LogP contribution is 2.29. The van der Waals surface area contributed by atoms with Gasteiger partial charge >= 0.3 is 0 Å². The van der Waals surface area contributed by atoms with E-state index in [0.717, 1.165) is 18.5 Å². The van der Waals surface area contributed by atoms with Gasteiger partial charge in [-0.2, -0.15) is 4.99 Å². The Morgan fingerprint density at radius 1 is 1.10 bits per heavy atom. The van der Waals surface area contributed by atoms with Crippen molar-refractivity contribution in [1.82, 2.24) is 0 Å². The average molecular weight is 310 g/mol. The molecule has 4 N–H and O–H groups in total. The number of rotatable bonds is 3. The molecular weight excluding hydrogens is 286 g/mol. The minimum absolute atomic E-state index is 0. The maximum Gasteiger partial charge on any atom is 0.220 e. The summed E-state index contributed by atoms with van der Waals surface area (Å²) in [5, 5.41) is 0. The van der Waals surface area contributed by atoms with Gasteiger partial charge in [-0.05, 0) is 49.9 Å². The minimum atomic E-state index is -0.533. The molecule has 0 atom stereocenters. The number of hydrogen-bond donors (Lipinski definition) is 2. The first-order valence-electron chi connectivity index (χ1n) is 7.00. The van der Waals surface area contributed by atoms with E-state index >= 15 is 0 Å². The lowest BCUT2D eigenvalue weighted by atomic mass is 10.0. The third-order valence-corrected chi connectivity index (χ3v) is 3.60. The molecule has 0 fully saturated rings. The van der Waals surface area contributed by atoms with Gasteiger partial charge in [0.15, 0.2) is 0 Å². The fourth-order valence-corrected chi connectivity index (χ4v) is 2.68. The Bertz CT molecular complexity index is 577. The monoisotopic (exact) mass is 309 g/mol. The highest BCUT2D eigenvalue weighted by molar-refractivity contribution is 6.05. The lowest BCUT2D eigenvalue weighted by molar-refractivity contribution is 0.533. The number of aryl methyl sites for hydroxylation is 2. The van der Waals surface area contributed by atoms with Gasteiger partial charge in [0.05, 0.1) is 0 Å². The highest BCUT2D eigenvalue weighted by atomic mass is 35.5. The molecule has 0 amide bonds. The van der Waals surface area contributed by atoms with E-state index in [1.807, 2.05) is 18.7 Å². The van der Waals surface area contributed by atoms with E-state index in [9.17, 15) is 0 Å². The maximum atomic E-state index is 6.05. The van der Waals surface area contributed by atoms with Crippen molar-refractivity contribution in [2.45, 2.75) is 46.2 Å². The van der Waals surface area contributed by atoms with E-state index in [2.05, 4.69) is 42.0 Å². The molecular formula is C15H24ClN5. The Kier molecular flexibility index (Phi) is 5.23. The molecule has 1 heterocycles. The average Bonchev–Trinajstić information content (AvgIpc) is 2.36. The van der Waals surface area contributed by atoms with Gasteiger partial charge in [-0.15, -0.1) is 12.4 Å². The fraction of sp³-hybridized carbons (Fsp3) is 0.467. The fourth-order valence-electron chi connectivity index (χ4n) is 2.68. The first-order valence-corrected chi connectivity index (χ1v) is 7.00. The quantitative estimate of drug-likeness (QED) is 0.900. The zero-order valence-corrected chi connectivity index (χ0v) is 13.9. The van der Waals surface area contributed by atoms with Crippen LogP contribution in [0.3, 0.4) is 0 Å². The standard InChI is InChI=1S/C15H23N5.ClH/c1-5-10-7-8-12(9-11(10)6-2)20-14(17)18-13(16)19-15(20,3)4;/h7-9H,5-6H2,1-4H3,(H4,16,17,18,19);1H. The number of aliphatic imine (C=N–C) groups is 2. The van der Waals surface area contributed by atoms with Gasteiger partial charge in [0.1, 0.15) is 5.66 Å². The van der Waals surface area contributed by atoms with Crippen molar-refractivity contribution in [3.63, 3.8) is 0 Å². The Morgan fingerprint density at radius 2 is 1.71 bits per heavy atom. The van der Waals surface area contributed by atoms with E-state index in [1.54, 1.807) is 0 Å². The summed E-state index contributed by atoms with van der Waals surface area (Å²) in [4.78, 5) is 10.4. The Labute approximate surface area is 132 Å². The van der Waals surface area contributed by atoms with Crippen molar-refractivity contribution in [3.05, 3.63) is 29.3 Å². The van der Waals surface area contributed by atoms with Crippen LogP contribution in [-0.4, -0.2) is 17.6 Å². The van der Waals surface area contributed by atoms with Crippen LogP contribution in [0.5, 0.6) is 0 Å². The molecule has 0 unspecified atom stereocenters. The van der Waals surface area contributed by atoms with Gasteiger partial charge in [0.2, 0.25) is 11.9 Å². The summed E-state index contributed by atoms with van der Waals surface area (Å²) in [6, 6.07) is 6.39. The number of benzene rings is 1. The summed E-state index contributed by atoms with van der Waals surface area (Å²) in [6.07, 6.45) is 2.02. The maximum absolute atomic E-state index is 6.05. The van der Waals surface area contributed by atoms with E-state index in [-0.39, 0.29) is 18.4 Å². The lowest BCUT2D eigenvalue weighted by Gasteiger charge is -2.38. The van der Waals surface area contributed by atoms with Crippen LogP contribution in [0.25, 0.3) is 0 Å². The predicted octanol–water partition coefficient (Wildman–Crippen LogP) is 2.42. The molecule has 6 heteroatoms. The Balaban J connectivity index is 0.00000220. The molecule has 21 heavy (non-hydrogen) atoms. The van der Waals surface area contributed by atoms with Crippen molar-refractivity contribution in [1.29, 1.82) is 0 Å². The molecule has 1 aliphatic heterocycles. The second-order valence-electron chi connectivity index (χ2n) is 5.43. The summed E-state index contributed by atoms with van der Waals surface area (Å²) in [6.45, 7) is 8.27. The van der Waals surface area contributed by atoms with Crippen LogP contribution < -0.4 is 16.4 Å². The minimum Gasteiger partial charge on any atom is -0.369 e. The van der Waals surface area contributed by atoms with Crippen LogP contribution in [0.4, 0.5) is 5.69 Å². The number of halogens is 1. The van der Waals surface area contributed by atoms with Crippen LogP contribution in [0, 0.1) is 0 Å². The third kappa shape index (κ3) is 3.29. The normalized spacial score (nSPS) is 16.9. The van der Waals surface area contributed by atoms with Crippen molar-refractivity contribution < 1.29 is 0 Å². The molecule has 0 bridgehead atoms. The van der Waals surface area contributed by atoms with Gasteiger partial charge in [0, 0.05) is 5.69 Å². The largest absolute Gasteiger partial charge is 0.369 e. The van der Waals surface area contributed by atoms with Gasteiger partial charge in [0.25, 0.3) is 0 Å². The van der Waals surface area contributed by atoms with Crippen molar-refractivity contribution >= 4 is 30.0 Å². The summed E-state index contributed by atoms with van der Waals surface area (Å²) in [7, 11) is 0. The summed E-state index contributed by atoms with van der Waals surface area (Å²) < 4.78 is 0. The highest BCUT2D eigenvalue weighted by Gasteiger charge is 2.33. The second-order valence-corrected chi connectivity index (χ2v) is 5.43. The van der Waals surface area contributed by atoms with E-state index in [0.29, 0.717) is 5.96 Å². The molecule has 0 saturated heterocycles. The van der Waals surface area contributed by atoms with E-state index in [4.69, 9.17) is 11.5 Å². The lowest BCUT2D eigenvalue weighted by Crippen LogP contribution is -2.54. The van der Waals surface area contributed by atoms with Crippen LogP contribution in [0.2, 0.25) is 0 Å². The number of hydrogen-bond acceptors (Lipinski definition) is 5. The number of nitrogens with zero attached hydrogens (tertiary/aromatic N) is 3. The molecule has 0 aliphatic carbocycles.